The molecule has 2 heterocycles. The first-order valence-electron chi connectivity index (χ1n) is 8.33. The summed E-state index contributed by atoms with van der Waals surface area (Å²) in [6.45, 7) is 13.0. The zero-order valence-electron chi connectivity index (χ0n) is 14.2. The molecular weight excluding hydrogens is 260 g/mol. The van der Waals surface area contributed by atoms with Crippen molar-refractivity contribution >= 4 is 5.95 Å². The lowest BCUT2D eigenvalue weighted by Gasteiger charge is -2.33. The van der Waals surface area contributed by atoms with Gasteiger partial charge < -0.3 is 10.2 Å². The largest absolute Gasteiger partial charge is 0.337 e. The summed E-state index contributed by atoms with van der Waals surface area (Å²) in [5, 5.41) is 3.63. The van der Waals surface area contributed by atoms with Crippen molar-refractivity contribution in [3.63, 3.8) is 0 Å². The molecule has 118 valence electrons. The molecule has 1 atom stereocenters. The fourth-order valence-electron chi connectivity index (χ4n) is 2.84. The fraction of sp³-hybridized carbons (Fsp3) is 0.765. The summed E-state index contributed by atoms with van der Waals surface area (Å²) in [4.78, 5) is 11.8. The molecule has 1 aliphatic heterocycles. The van der Waals surface area contributed by atoms with E-state index in [9.17, 15) is 0 Å². The number of rotatable bonds is 5. The lowest BCUT2D eigenvalue weighted by atomic mass is 10.0. The number of hydrogen-bond acceptors (Lipinski definition) is 4. The minimum absolute atomic E-state index is 0.413. The molecular formula is C17H30N4. The lowest BCUT2D eigenvalue weighted by Crippen LogP contribution is -2.46. The normalized spacial score (nSPS) is 19.3. The van der Waals surface area contributed by atoms with Gasteiger partial charge in [-0.2, -0.15) is 0 Å². The van der Waals surface area contributed by atoms with Crippen LogP contribution in [-0.4, -0.2) is 35.1 Å². The molecule has 1 unspecified atom stereocenters. The van der Waals surface area contributed by atoms with Crippen molar-refractivity contribution in [3.8, 4) is 0 Å². The van der Waals surface area contributed by atoms with E-state index in [0.29, 0.717) is 18.0 Å². The number of anilines is 1. The Morgan fingerprint density at radius 3 is 2.57 bits per heavy atom. The highest BCUT2D eigenvalue weighted by atomic mass is 15.3. The molecule has 0 aliphatic carbocycles. The van der Waals surface area contributed by atoms with Crippen LogP contribution in [0.15, 0.2) is 6.07 Å². The summed E-state index contributed by atoms with van der Waals surface area (Å²) in [6.07, 6.45) is 3.89. The Morgan fingerprint density at radius 2 is 2.00 bits per heavy atom. The van der Waals surface area contributed by atoms with E-state index in [1.54, 1.807) is 0 Å². The third-order valence-corrected chi connectivity index (χ3v) is 4.16. The van der Waals surface area contributed by atoms with Gasteiger partial charge in [-0.05, 0) is 52.1 Å². The minimum Gasteiger partial charge on any atom is -0.337 e. The molecule has 0 bridgehead atoms. The Kier molecular flexibility index (Phi) is 5.57. The van der Waals surface area contributed by atoms with E-state index in [-0.39, 0.29) is 0 Å². The average Bonchev–Trinajstić information content (AvgIpc) is 2.44. The molecule has 2 rings (SSSR count). The molecule has 4 heteroatoms. The van der Waals surface area contributed by atoms with Gasteiger partial charge in [-0.1, -0.05) is 20.3 Å². The average molecular weight is 290 g/mol. The maximum absolute atomic E-state index is 4.81. The van der Waals surface area contributed by atoms with Crippen molar-refractivity contribution in [2.75, 3.05) is 18.0 Å². The second-order valence-electron chi connectivity index (χ2n) is 6.78. The third kappa shape index (κ3) is 4.40. The van der Waals surface area contributed by atoms with Crippen molar-refractivity contribution in [2.45, 2.75) is 71.9 Å². The van der Waals surface area contributed by atoms with Gasteiger partial charge in [0.25, 0.3) is 0 Å². The van der Waals surface area contributed by atoms with Crippen LogP contribution in [0.1, 0.15) is 64.3 Å². The number of nitrogens with zero attached hydrogens (tertiary/aromatic N) is 3. The molecule has 0 amide bonds. The topological polar surface area (TPSA) is 41.1 Å². The number of aromatic nitrogens is 2. The number of aryl methyl sites for hydroxylation is 1. The van der Waals surface area contributed by atoms with Crippen LogP contribution in [0.4, 0.5) is 5.95 Å². The van der Waals surface area contributed by atoms with E-state index in [1.165, 1.54) is 19.3 Å². The highest BCUT2D eigenvalue weighted by molar-refractivity contribution is 5.34. The van der Waals surface area contributed by atoms with E-state index in [1.807, 2.05) is 0 Å². The highest BCUT2D eigenvalue weighted by Crippen LogP contribution is 2.20. The summed E-state index contributed by atoms with van der Waals surface area (Å²) >= 11 is 0. The van der Waals surface area contributed by atoms with Gasteiger partial charge in [0, 0.05) is 30.0 Å². The summed E-state index contributed by atoms with van der Waals surface area (Å²) < 4.78 is 0. The molecule has 0 spiro atoms. The van der Waals surface area contributed by atoms with Gasteiger partial charge >= 0.3 is 0 Å². The molecule has 1 aliphatic rings. The van der Waals surface area contributed by atoms with Crippen LogP contribution in [0.3, 0.4) is 0 Å². The Hall–Kier alpha value is -1.16. The second kappa shape index (κ2) is 7.21. The van der Waals surface area contributed by atoms with Crippen LogP contribution < -0.4 is 10.2 Å². The third-order valence-electron chi connectivity index (χ3n) is 4.16. The Balaban J connectivity index is 2.20. The molecule has 1 aromatic rings. The predicted molar refractivity (Wildman–Crippen MR) is 89.0 cm³/mol. The minimum atomic E-state index is 0.413. The lowest BCUT2D eigenvalue weighted by molar-refractivity contribution is 0.391. The van der Waals surface area contributed by atoms with Crippen molar-refractivity contribution in [2.24, 2.45) is 0 Å². The zero-order chi connectivity index (χ0) is 15.4. The van der Waals surface area contributed by atoms with E-state index in [2.05, 4.69) is 50.9 Å². The Morgan fingerprint density at radius 1 is 1.24 bits per heavy atom. The van der Waals surface area contributed by atoms with Crippen LogP contribution in [0.5, 0.6) is 0 Å². The first-order chi connectivity index (χ1) is 9.97. The number of nitrogens with one attached hydrogen (secondary N) is 1. The molecule has 1 aromatic heterocycles. The number of hydrogen-bond donors (Lipinski definition) is 1. The molecule has 1 saturated heterocycles. The predicted octanol–water partition coefficient (Wildman–Crippen LogP) is 3.27. The SMILES string of the molecule is Cc1cc(C(C)C)nc(N(CC2CCCCN2)C(C)C)n1. The fourth-order valence-corrected chi connectivity index (χ4v) is 2.84. The van der Waals surface area contributed by atoms with E-state index >= 15 is 0 Å². The van der Waals surface area contributed by atoms with E-state index < -0.39 is 0 Å². The Bertz CT molecular complexity index is 450. The first kappa shape index (κ1) is 16.2. The molecule has 0 aromatic carbocycles. The highest BCUT2D eigenvalue weighted by Gasteiger charge is 2.21. The van der Waals surface area contributed by atoms with Crippen molar-refractivity contribution in [3.05, 3.63) is 17.5 Å². The molecule has 1 fully saturated rings. The molecule has 21 heavy (non-hydrogen) atoms. The summed E-state index contributed by atoms with van der Waals surface area (Å²) in [7, 11) is 0. The smallest absolute Gasteiger partial charge is 0.226 e. The molecule has 0 radical (unpaired) electrons. The van der Waals surface area contributed by atoms with Gasteiger partial charge in [0.2, 0.25) is 5.95 Å². The molecule has 1 N–H and O–H groups in total. The standard InChI is InChI=1S/C17H30N4/c1-12(2)16-10-14(5)19-17(20-16)21(13(3)4)11-15-8-6-7-9-18-15/h10,12-13,15,18H,6-9,11H2,1-5H3. The van der Waals surface area contributed by atoms with Crippen molar-refractivity contribution < 1.29 is 0 Å². The second-order valence-corrected chi connectivity index (χ2v) is 6.78. The number of piperidine rings is 1. The summed E-state index contributed by atoms with van der Waals surface area (Å²) in [5.74, 6) is 1.33. The summed E-state index contributed by atoms with van der Waals surface area (Å²) in [6, 6.07) is 3.08. The zero-order valence-corrected chi connectivity index (χ0v) is 14.2. The molecule has 4 nitrogen and oxygen atoms in total. The van der Waals surface area contributed by atoms with Crippen LogP contribution in [0.2, 0.25) is 0 Å². The monoisotopic (exact) mass is 290 g/mol. The van der Waals surface area contributed by atoms with Gasteiger partial charge in [0.05, 0.1) is 0 Å². The Labute approximate surface area is 129 Å². The van der Waals surface area contributed by atoms with Crippen LogP contribution in [0, 0.1) is 6.92 Å². The van der Waals surface area contributed by atoms with Gasteiger partial charge in [0.15, 0.2) is 0 Å². The van der Waals surface area contributed by atoms with Crippen LogP contribution in [0.25, 0.3) is 0 Å². The first-order valence-corrected chi connectivity index (χ1v) is 8.33. The van der Waals surface area contributed by atoms with Crippen LogP contribution >= 0.6 is 0 Å². The van der Waals surface area contributed by atoms with Gasteiger partial charge in [-0.15, -0.1) is 0 Å². The van der Waals surface area contributed by atoms with Crippen LogP contribution in [-0.2, 0) is 0 Å². The maximum Gasteiger partial charge on any atom is 0.226 e. The molecule has 0 saturated carbocycles. The van der Waals surface area contributed by atoms with Gasteiger partial charge in [-0.25, -0.2) is 9.97 Å². The maximum atomic E-state index is 4.81. The van der Waals surface area contributed by atoms with E-state index in [0.717, 1.165) is 30.4 Å². The quantitative estimate of drug-likeness (QED) is 0.903. The van der Waals surface area contributed by atoms with E-state index in [4.69, 9.17) is 9.97 Å². The van der Waals surface area contributed by atoms with Gasteiger partial charge in [0.1, 0.15) is 0 Å². The van der Waals surface area contributed by atoms with Gasteiger partial charge in [-0.3, -0.25) is 0 Å². The summed E-state index contributed by atoms with van der Waals surface area (Å²) in [5.41, 5.74) is 2.20. The van der Waals surface area contributed by atoms with Crippen molar-refractivity contribution in [1.82, 2.24) is 15.3 Å². The van der Waals surface area contributed by atoms with Crippen molar-refractivity contribution in [1.29, 1.82) is 0 Å².